The summed E-state index contributed by atoms with van der Waals surface area (Å²) in [6.07, 6.45) is 1.76. The Kier molecular flexibility index (Phi) is 4.52. The summed E-state index contributed by atoms with van der Waals surface area (Å²) < 4.78 is 39.0. The van der Waals surface area contributed by atoms with Gasteiger partial charge in [0.1, 0.15) is 0 Å². The molecule has 0 heterocycles. The summed E-state index contributed by atoms with van der Waals surface area (Å²) >= 11 is 6.01. The number of nitrogens with one attached hydrogen (secondary N) is 1. The van der Waals surface area contributed by atoms with Crippen molar-refractivity contribution in [3.05, 3.63) is 105 Å². The highest BCUT2D eigenvalue weighted by Gasteiger charge is 2.31. The van der Waals surface area contributed by atoms with Gasteiger partial charge in [-0.1, -0.05) is 48.0 Å². The van der Waals surface area contributed by atoms with E-state index in [2.05, 4.69) is 35.7 Å². The van der Waals surface area contributed by atoms with Gasteiger partial charge in [-0.15, -0.1) is 0 Å². The summed E-state index contributed by atoms with van der Waals surface area (Å²) in [5.74, 6) is -0.502. The number of halogens is 4. The van der Waals surface area contributed by atoms with Crippen LogP contribution in [0.5, 0.6) is 0 Å². The Hall–Kier alpha value is -3.31. The third-order valence-electron chi connectivity index (χ3n) is 5.56. The Bertz CT molecular complexity index is 1350. The first-order valence-corrected chi connectivity index (χ1v) is 10.0. The van der Waals surface area contributed by atoms with Crippen molar-refractivity contribution in [1.29, 1.82) is 0 Å². The van der Waals surface area contributed by atoms with Gasteiger partial charge >= 0.3 is 6.18 Å². The first-order valence-electron chi connectivity index (χ1n) is 9.63. The van der Waals surface area contributed by atoms with Crippen molar-refractivity contribution < 1.29 is 18.0 Å². The lowest BCUT2D eigenvalue weighted by molar-refractivity contribution is -0.137. The molecule has 3 aromatic rings. The van der Waals surface area contributed by atoms with Crippen molar-refractivity contribution in [2.45, 2.75) is 12.6 Å². The molecule has 0 aromatic heterocycles. The van der Waals surface area contributed by atoms with Crippen molar-refractivity contribution >= 4 is 40.0 Å². The van der Waals surface area contributed by atoms with Gasteiger partial charge in [0.05, 0.1) is 16.3 Å². The number of hydrogen-bond acceptors (Lipinski definition) is 1. The maximum atomic E-state index is 13.0. The molecule has 2 nitrogen and oxygen atoms in total. The van der Waals surface area contributed by atoms with Crippen LogP contribution in [0, 0.1) is 0 Å². The van der Waals surface area contributed by atoms with Gasteiger partial charge < -0.3 is 5.32 Å². The molecule has 0 atom stereocenters. The molecule has 0 saturated carbocycles. The quantitative estimate of drug-likeness (QED) is 0.461. The Morgan fingerprint density at radius 2 is 1.77 bits per heavy atom. The molecule has 0 unspecified atom stereocenters. The molecule has 31 heavy (non-hydrogen) atoms. The van der Waals surface area contributed by atoms with Gasteiger partial charge in [-0.3, -0.25) is 4.79 Å². The molecule has 5 rings (SSSR count). The highest BCUT2D eigenvalue weighted by molar-refractivity contribution is 6.34. The van der Waals surface area contributed by atoms with Crippen LogP contribution in [0.4, 0.5) is 18.9 Å². The molecule has 0 fully saturated rings. The van der Waals surface area contributed by atoms with E-state index in [1.165, 1.54) is 5.56 Å². The summed E-state index contributed by atoms with van der Waals surface area (Å²) in [6.45, 7) is 0. The highest BCUT2D eigenvalue weighted by Crippen LogP contribution is 2.38. The number of anilines is 1. The molecule has 1 N–H and O–H groups in total. The molecule has 0 bridgehead atoms. The van der Waals surface area contributed by atoms with E-state index in [0.717, 1.165) is 45.7 Å². The first kappa shape index (κ1) is 19.6. The Labute approximate surface area is 181 Å². The fourth-order valence-corrected chi connectivity index (χ4v) is 4.17. The zero-order chi connectivity index (χ0) is 21.8. The predicted molar refractivity (Wildman–Crippen MR) is 117 cm³/mol. The lowest BCUT2D eigenvalue weighted by atomic mass is 9.87. The van der Waals surface area contributed by atoms with Crippen LogP contribution in [0.2, 0.25) is 5.02 Å². The monoisotopic (exact) mass is 437 g/mol. The van der Waals surface area contributed by atoms with E-state index in [1.54, 1.807) is 12.2 Å². The van der Waals surface area contributed by atoms with E-state index in [0.29, 0.717) is 12.0 Å². The molecule has 0 saturated heterocycles. The normalized spacial score (nSPS) is 15.0. The van der Waals surface area contributed by atoms with E-state index in [1.807, 2.05) is 12.1 Å². The third-order valence-corrected chi connectivity index (χ3v) is 5.89. The molecular weight excluding hydrogens is 423 g/mol. The average molecular weight is 438 g/mol. The van der Waals surface area contributed by atoms with Crippen molar-refractivity contribution in [2.75, 3.05) is 5.32 Å². The summed E-state index contributed by atoms with van der Waals surface area (Å²) in [6, 6.07) is 15.1. The zero-order valence-electron chi connectivity index (χ0n) is 16.1. The number of benzene rings is 3. The number of amides is 1. The van der Waals surface area contributed by atoms with Crippen LogP contribution in [0.1, 0.15) is 16.7 Å². The number of rotatable bonds is 2. The molecule has 6 heteroatoms. The molecule has 3 aromatic carbocycles. The maximum Gasteiger partial charge on any atom is 0.416 e. The van der Waals surface area contributed by atoms with Gasteiger partial charge in [0.25, 0.3) is 5.91 Å². The number of allylic oxidation sites excluding steroid dienone is 3. The summed E-state index contributed by atoms with van der Waals surface area (Å²) in [5.41, 5.74) is 3.68. The smallest absolute Gasteiger partial charge is 0.321 e. The standard InChI is InChI=1S/C25H15ClF3NO/c26-22-8-7-19(25(27,28)29)13-23(22)30-24(31)18-10-16-9-15-6-5-14-3-1-2-4-20(14)21(15)12-17(16)11-18/h1-8,10-13H,9H2,(H,30,31). The number of fused-ring (bicyclic) bond motifs is 4. The summed E-state index contributed by atoms with van der Waals surface area (Å²) in [7, 11) is 0. The van der Waals surface area contributed by atoms with Gasteiger partial charge in [-0.25, -0.2) is 0 Å². The van der Waals surface area contributed by atoms with Crippen molar-refractivity contribution in [2.24, 2.45) is 0 Å². The number of hydrogen-bond donors (Lipinski definition) is 1. The number of carbonyl (C=O) groups is 1. The number of alkyl halides is 3. The molecule has 154 valence electrons. The van der Waals surface area contributed by atoms with Crippen LogP contribution in [-0.4, -0.2) is 5.91 Å². The van der Waals surface area contributed by atoms with Gasteiger partial charge in [-0.05, 0) is 75.9 Å². The van der Waals surface area contributed by atoms with Gasteiger partial charge in [0, 0.05) is 5.57 Å². The average Bonchev–Trinajstić information content (AvgIpc) is 3.16. The molecule has 0 aliphatic heterocycles. The van der Waals surface area contributed by atoms with E-state index < -0.39 is 17.6 Å². The van der Waals surface area contributed by atoms with Gasteiger partial charge in [-0.2, -0.15) is 13.2 Å². The Balaban J connectivity index is 1.46. The predicted octanol–water partition coefficient (Wildman–Crippen LogP) is 6.96. The van der Waals surface area contributed by atoms with Crippen LogP contribution in [0.3, 0.4) is 0 Å². The fraction of sp³-hybridized carbons (Fsp3) is 0.0800. The number of carbonyl (C=O) groups excluding carboxylic acids is 1. The van der Waals surface area contributed by atoms with Crippen molar-refractivity contribution in [3.8, 4) is 0 Å². The highest BCUT2D eigenvalue weighted by atomic mass is 35.5. The third kappa shape index (κ3) is 3.55. The summed E-state index contributed by atoms with van der Waals surface area (Å²) in [4.78, 5) is 12.8. The van der Waals surface area contributed by atoms with E-state index in [9.17, 15) is 18.0 Å². The Morgan fingerprint density at radius 1 is 0.968 bits per heavy atom. The van der Waals surface area contributed by atoms with E-state index in [-0.39, 0.29) is 10.7 Å². The van der Waals surface area contributed by atoms with Crippen molar-refractivity contribution in [1.82, 2.24) is 0 Å². The molecule has 2 aliphatic carbocycles. The zero-order valence-corrected chi connectivity index (χ0v) is 16.8. The molecule has 2 aliphatic rings. The first-order chi connectivity index (χ1) is 14.8. The minimum Gasteiger partial charge on any atom is -0.321 e. The van der Waals surface area contributed by atoms with Gasteiger partial charge in [0.2, 0.25) is 0 Å². The van der Waals surface area contributed by atoms with Crippen LogP contribution in [0.25, 0.3) is 16.8 Å². The van der Waals surface area contributed by atoms with Crippen molar-refractivity contribution in [3.63, 3.8) is 0 Å². The second-order valence-corrected chi connectivity index (χ2v) is 7.96. The molecule has 0 radical (unpaired) electrons. The van der Waals surface area contributed by atoms with E-state index in [4.69, 9.17) is 11.6 Å². The lowest BCUT2D eigenvalue weighted by Gasteiger charge is -2.17. The van der Waals surface area contributed by atoms with Crippen LogP contribution < -0.4 is 5.32 Å². The molecule has 0 spiro atoms. The second-order valence-electron chi connectivity index (χ2n) is 7.55. The van der Waals surface area contributed by atoms with Gasteiger partial charge in [0.15, 0.2) is 0 Å². The SMILES string of the molecule is O=C(Nc1cc(C(F)(F)F)ccc1Cl)C1=CC2=Cc3c(ccc4ccccc34)CC2=C1. The minimum absolute atomic E-state index is 0.0445. The molecule has 1 amide bonds. The maximum absolute atomic E-state index is 13.0. The topological polar surface area (TPSA) is 29.1 Å². The van der Waals surface area contributed by atoms with E-state index >= 15 is 0 Å². The van der Waals surface area contributed by atoms with Crippen LogP contribution in [-0.2, 0) is 17.4 Å². The van der Waals surface area contributed by atoms with Crippen LogP contribution in [0.15, 0.2) is 83.5 Å². The second kappa shape index (κ2) is 7.13. The Morgan fingerprint density at radius 3 is 2.58 bits per heavy atom. The lowest BCUT2D eigenvalue weighted by Crippen LogP contribution is -2.14. The summed E-state index contributed by atoms with van der Waals surface area (Å²) in [5, 5.41) is 4.85. The van der Waals surface area contributed by atoms with Crippen LogP contribution >= 0.6 is 11.6 Å². The fourth-order valence-electron chi connectivity index (χ4n) is 4.01. The largest absolute Gasteiger partial charge is 0.416 e. The molecular formula is C25H15ClF3NO. The minimum atomic E-state index is -4.52.